The van der Waals surface area contributed by atoms with Gasteiger partial charge in [0.1, 0.15) is 17.2 Å². The number of amides is 2. The van der Waals surface area contributed by atoms with E-state index < -0.39 is 17.6 Å². The van der Waals surface area contributed by atoms with Crippen LogP contribution in [0.4, 0.5) is 14.5 Å². The lowest BCUT2D eigenvalue weighted by atomic mass is 10.1. The van der Waals surface area contributed by atoms with Gasteiger partial charge in [0.25, 0.3) is 18.3 Å². The van der Waals surface area contributed by atoms with Crippen LogP contribution in [-0.2, 0) is 17.9 Å². The summed E-state index contributed by atoms with van der Waals surface area (Å²) in [6.07, 6.45) is 0.885. The maximum atomic E-state index is 14.3. The van der Waals surface area contributed by atoms with E-state index in [4.69, 9.17) is 10.5 Å². The Balaban J connectivity index is 1.53. The van der Waals surface area contributed by atoms with E-state index in [1.807, 2.05) is 0 Å². The van der Waals surface area contributed by atoms with Crippen molar-refractivity contribution >= 4 is 29.6 Å². The quantitative estimate of drug-likeness (QED) is 0.252. The van der Waals surface area contributed by atoms with Crippen molar-refractivity contribution in [1.29, 1.82) is 0 Å². The van der Waals surface area contributed by atoms with Crippen LogP contribution in [0.25, 0.3) is 5.65 Å². The van der Waals surface area contributed by atoms with Gasteiger partial charge in [-0.3, -0.25) is 14.4 Å². The fourth-order valence-corrected chi connectivity index (χ4v) is 3.44. The molecule has 2 amide bonds. The first kappa shape index (κ1) is 24.3. The highest BCUT2D eigenvalue weighted by atomic mass is 19.1. The van der Waals surface area contributed by atoms with Gasteiger partial charge in [-0.05, 0) is 41.8 Å². The molecule has 4 aromatic rings. The van der Waals surface area contributed by atoms with Gasteiger partial charge in [0.05, 0.1) is 11.9 Å². The fourth-order valence-electron chi connectivity index (χ4n) is 3.44. The number of ether oxygens (including phenoxy) is 1. The standard InChI is InChI=1S/C24H20F2N6O4/c1-13-6-14(2-4-16(13)25)9-29-24(35)20-8-19(31-22-17(26)11-30-32(20)22)23(34)28-10-15-3-5-21(36-12-33)18(27)7-15/h2-8,11-12H,9-10,27H2,1H3,(H,28,34)(H,29,35). The number of nitrogens with two attached hydrogens (primary N) is 1. The van der Waals surface area contributed by atoms with E-state index in [9.17, 15) is 23.2 Å². The summed E-state index contributed by atoms with van der Waals surface area (Å²) in [5.74, 6) is -2.31. The summed E-state index contributed by atoms with van der Waals surface area (Å²) in [6, 6.07) is 10.2. The summed E-state index contributed by atoms with van der Waals surface area (Å²) in [5.41, 5.74) is 7.06. The zero-order chi connectivity index (χ0) is 25.8. The predicted octanol–water partition coefficient (Wildman–Crippen LogP) is 2.29. The number of nitrogens with one attached hydrogen (secondary N) is 2. The molecular formula is C24H20F2N6O4. The van der Waals surface area contributed by atoms with Crippen LogP contribution in [0.2, 0.25) is 0 Å². The number of aryl methyl sites for hydroxylation is 1. The van der Waals surface area contributed by atoms with Crippen molar-refractivity contribution in [2.45, 2.75) is 20.0 Å². The first-order valence-electron chi connectivity index (χ1n) is 10.6. The molecule has 0 aliphatic heterocycles. The second kappa shape index (κ2) is 10.2. The largest absolute Gasteiger partial charge is 0.427 e. The number of benzene rings is 2. The zero-order valence-electron chi connectivity index (χ0n) is 18.9. The number of halogens is 2. The highest BCUT2D eigenvalue weighted by Gasteiger charge is 2.20. The van der Waals surface area contributed by atoms with Gasteiger partial charge in [0.2, 0.25) is 0 Å². The van der Waals surface area contributed by atoms with Crippen molar-refractivity contribution in [2.75, 3.05) is 5.73 Å². The molecule has 0 aliphatic carbocycles. The lowest BCUT2D eigenvalue weighted by molar-refractivity contribution is -0.120. The minimum absolute atomic E-state index is 0.0322. The van der Waals surface area contributed by atoms with Gasteiger partial charge in [-0.25, -0.2) is 18.3 Å². The third-order valence-corrected chi connectivity index (χ3v) is 5.27. The summed E-state index contributed by atoms with van der Waals surface area (Å²) < 4.78 is 33.5. The Labute approximate surface area is 203 Å². The number of carbonyl (C=O) groups is 3. The molecule has 0 saturated carbocycles. The average Bonchev–Trinajstić information content (AvgIpc) is 3.24. The fraction of sp³-hybridized carbons (Fsp3) is 0.125. The molecular weight excluding hydrogens is 474 g/mol. The lowest BCUT2D eigenvalue weighted by Crippen LogP contribution is -2.28. The maximum absolute atomic E-state index is 14.3. The van der Waals surface area contributed by atoms with E-state index in [-0.39, 0.29) is 53.9 Å². The smallest absolute Gasteiger partial charge is 0.298 e. The number of carbonyl (C=O) groups excluding carboxylic acids is 3. The van der Waals surface area contributed by atoms with Gasteiger partial charge >= 0.3 is 0 Å². The number of hydrogen-bond acceptors (Lipinski definition) is 7. The minimum atomic E-state index is -0.814. The maximum Gasteiger partial charge on any atom is 0.298 e. The number of nitrogen functional groups attached to an aromatic ring is 1. The van der Waals surface area contributed by atoms with Crippen molar-refractivity contribution in [3.8, 4) is 5.75 Å². The number of aromatic nitrogens is 3. The Morgan fingerprint density at radius 1 is 1.03 bits per heavy atom. The average molecular weight is 494 g/mol. The zero-order valence-corrected chi connectivity index (χ0v) is 18.9. The normalized spacial score (nSPS) is 10.8. The monoisotopic (exact) mass is 494 g/mol. The first-order valence-corrected chi connectivity index (χ1v) is 10.6. The number of anilines is 1. The Hall–Kier alpha value is -4.87. The van der Waals surface area contributed by atoms with Gasteiger partial charge in [0, 0.05) is 19.2 Å². The van der Waals surface area contributed by atoms with Crippen LogP contribution < -0.4 is 21.1 Å². The molecule has 4 rings (SSSR count). The molecule has 184 valence electrons. The van der Waals surface area contributed by atoms with Crippen LogP contribution in [0.15, 0.2) is 48.7 Å². The summed E-state index contributed by atoms with van der Waals surface area (Å²) in [7, 11) is 0. The predicted molar refractivity (Wildman–Crippen MR) is 124 cm³/mol. The molecule has 0 radical (unpaired) electrons. The Kier molecular flexibility index (Phi) is 6.86. The molecule has 2 aromatic heterocycles. The second-order valence-corrected chi connectivity index (χ2v) is 7.79. The number of rotatable bonds is 8. The van der Waals surface area contributed by atoms with Crippen molar-refractivity contribution in [3.05, 3.63) is 88.4 Å². The van der Waals surface area contributed by atoms with E-state index in [1.165, 1.54) is 30.3 Å². The molecule has 4 N–H and O–H groups in total. The molecule has 2 aromatic carbocycles. The Morgan fingerprint density at radius 2 is 1.72 bits per heavy atom. The van der Waals surface area contributed by atoms with Crippen LogP contribution in [0, 0.1) is 18.6 Å². The number of fused-ring (bicyclic) bond motifs is 1. The van der Waals surface area contributed by atoms with Crippen molar-refractivity contribution < 1.29 is 27.9 Å². The molecule has 10 nitrogen and oxygen atoms in total. The summed E-state index contributed by atoms with van der Waals surface area (Å²) in [6.45, 7) is 1.95. The Morgan fingerprint density at radius 3 is 2.42 bits per heavy atom. The molecule has 0 saturated heterocycles. The van der Waals surface area contributed by atoms with Crippen molar-refractivity contribution in [1.82, 2.24) is 25.2 Å². The van der Waals surface area contributed by atoms with Crippen LogP contribution >= 0.6 is 0 Å². The van der Waals surface area contributed by atoms with Gasteiger partial charge in [0.15, 0.2) is 17.2 Å². The molecule has 0 fully saturated rings. The third-order valence-electron chi connectivity index (χ3n) is 5.27. The topological polar surface area (TPSA) is 141 Å². The number of hydrogen-bond donors (Lipinski definition) is 3. The third kappa shape index (κ3) is 5.12. The molecule has 0 spiro atoms. The summed E-state index contributed by atoms with van der Waals surface area (Å²) >= 11 is 0. The van der Waals surface area contributed by atoms with Crippen LogP contribution in [0.3, 0.4) is 0 Å². The van der Waals surface area contributed by atoms with Crippen molar-refractivity contribution in [3.63, 3.8) is 0 Å². The minimum Gasteiger partial charge on any atom is -0.427 e. The van der Waals surface area contributed by atoms with E-state index in [2.05, 4.69) is 20.7 Å². The SMILES string of the molecule is Cc1cc(CNC(=O)c2cc(C(=O)NCc3ccc(OC=O)c(N)c3)nc3c(F)cnn23)ccc1F. The summed E-state index contributed by atoms with van der Waals surface area (Å²) in [5, 5.41) is 9.11. The van der Waals surface area contributed by atoms with Crippen LogP contribution in [-0.4, -0.2) is 32.9 Å². The molecule has 0 aliphatic rings. The van der Waals surface area contributed by atoms with Gasteiger partial charge < -0.3 is 21.1 Å². The van der Waals surface area contributed by atoms with Crippen LogP contribution in [0.5, 0.6) is 5.75 Å². The van der Waals surface area contributed by atoms with Crippen molar-refractivity contribution in [2.24, 2.45) is 0 Å². The molecule has 2 heterocycles. The highest BCUT2D eigenvalue weighted by molar-refractivity contribution is 5.98. The number of nitrogens with zero attached hydrogens (tertiary/aromatic N) is 3. The second-order valence-electron chi connectivity index (χ2n) is 7.79. The van der Waals surface area contributed by atoms with Gasteiger partial charge in [-0.2, -0.15) is 5.10 Å². The van der Waals surface area contributed by atoms with E-state index in [0.29, 0.717) is 16.7 Å². The van der Waals surface area contributed by atoms with Gasteiger partial charge in [-0.1, -0.05) is 18.2 Å². The first-order chi connectivity index (χ1) is 17.3. The molecule has 36 heavy (non-hydrogen) atoms. The van der Waals surface area contributed by atoms with E-state index in [0.717, 1.165) is 10.7 Å². The molecule has 0 bridgehead atoms. The van der Waals surface area contributed by atoms with E-state index >= 15 is 0 Å². The van der Waals surface area contributed by atoms with Gasteiger partial charge in [-0.15, -0.1) is 0 Å². The van der Waals surface area contributed by atoms with E-state index in [1.54, 1.807) is 19.1 Å². The van der Waals surface area contributed by atoms with Crippen LogP contribution in [0.1, 0.15) is 37.7 Å². The molecule has 12 heteroatoms. The molecule has 0 atom stereocenters. The lowest BCUT2D eigenvalue weighted by Gasteiger charge is -2.11. The molecule has 0 unspecified atom stereocenters. The Bertz CT molecular complexity index is 1490. The highest BCUT2D eigenvalue weighted by Crippen LogP contribution is 2.22. The summed E-state index contributed by atoms with van der Waals surface area (Å²) in [4.78, 5) is 40.1.